The first-order valence-electron chi connectivity index (χ1n) is 8.14. The van der Waals surface area contributed by atoms with E-state index in [-0.39, 0.29) is 0 Å². The maximum atomic E-state index is 6.18. The van der Waals surface area contributed by atoms with Gasteiger partial charge in [0, 0.05) is 29.7 Å². The molecule has 0 aliphatic carbocycles. The second-order valence-corrected chi connectivity index (χ2v) is 6.81. The summed E-state index contributed by atoms with van der Waals surface area (Å²) in [4.78, 5) is 9.28. The van der Waals surface area contributed by atoms with Crippen molar-refractivity contribution in [2.75, 3.05) is 0 Å². The van der Waals surface area contributed by atoms with Crippen LogP contribution >= 0.6 is 11.6 Å². The minimum atomic E-state index is 0.713. The molecule has 1 aromatic carbocycles. The Kier molecular flexibility index (Phi) is 2.94. The molecule has 4 heterocycles. The smallest absolute Gasteiger partial charge is 0.115 e. The third-order valence-electron chi connectivity index (χ3n) is 4.81. The molecule has 3 aromatic heterocycles. The van der Waals surface area contributed by atoms with Gasteiger partial charge in [-0.3, -0.25) is 9.67 Å². The summed E-state index contributed by atoms with van der Waals surface area (Å²) in [5.74, 6) is 0.996. The van der Waals surface area contributed by atoms with E-state index in [1.807, 2.05) is 24.4 Å². The predicted molar refractivity (Wildman–Crippen MR) is 94.4 cm³/mol. The second-order valence-electron chi connectivity index (χ2n) is 6.37. The molecule has 6 heteroatoms. The van der Waals surface area contributed by atoms with E-state index in [1.54, 1.807) is 0 Å². The van der Waals surface area contributed by atoms with E-state index in [4.69, 9.17) is 21.7 Å². The van der Waals surface area contributed by atoms with Gasteiger partial charge >= 0.3 is 0 Å². The zero-order valence-corrected chi connectivity index (χ0v) is 14.1. The van der Waals surface area contributed by atoms with E-state index in [9.17, 15) is 0 Å². The zero-order chi connectivity index (χ0) is 16.3. The van der Waals surface area contributed by atoms with Crippen molar-refractivity contribution in [2.24, 2.45) is 7.05 Å². The summed E-state index contributed by atoms with van der Waals surface area (Å²) in [6, 6.07) is 7.98. The molecule has 4 aromatic rings. The van der Waals surface area contributed by atoms with Gasteiger partial charge in [0.2, 0.25) is 0 Å². The SMILES string of the molecule is Cn1c(Cc2cc3n(n2)CCC3)nc2cnc3ccc(Cl)cc3c21. The highest BCUT2D eigenvalue weighted by molar-refractivity contribution is 6.31. The minimum Gasteiger partial charge on any atom is -0.330 e. The Morgan fingerprint density at radius 1 is 1.21 bits per heavy atom. The first-order valence-corrected chi connectivity index (χ1v) is 8.52. The summed E-state index contributed by atoms with van der Waals surface area (Å²) in [6.07, 6.45) is 4.89. The van der Waals surface area contributed by atoms with Crippen molar-refractivity contribution in [1.82, 2.24) is 24.3 Å². The van der Waals surface area contributed by atoms with Crippen LogP contribution in [0.4, 0.5) is 0 Å². The van der Waals surface area contributed by atoms with Gasteiger partial charge in [0.25, 0.3) is 0 Å². The van der Waals surface area contributed by atoms with E-state index in [2.05, 4.69) is 27.3 Å². The van der Waals surface area contributed by atoms with Gasteiger partial charge < -0.3 is 4.57 Å². The van der Waals surface area contributed by atoms with Crippen LogP contribution in [0.2, 0.25) is 5.02 Å². The van der Waals surface area contributed by atoms with E-state index in [0.717, 1.165) is 52.8 Å². The fourth-order valence-electron chi connectivity index (χ4n) is 3.64. The summed E-state index contributed by atoms with van der Waals surface area (Å²) in [7, 11) is 2.05. The van der Waals surface area contributed by atoms with Crippen molar-refractivity contribution in [3.63, 3.8) is 0 Å². The van der Waals surface area contributed by atoms with Gasteiger partial charge in [0.15, 0.2) is 0 Å². The number of nitrogens with zero attached hydrogens (tertiary/aromatic N) is 5. The van der Waals surface area contributed by atoms with Crippen LogP contribution in [0.1, 0.15) is 23.6 Å². The van der Waals surface area contributed by atoms with Gasteiger partial charge in [-0.05, 0) is 37.1 Å². The number of hydrogen-bond acceptors (Lipinski definition) is 3. The van der Waals surface area contributed by atoms with Crippen molar-refractivity contribution in [1.29, 1.82) is 0 Å². The van der Waals surface area contributed by atoms with Crippen molar-refractivity contribution < 1.29 is 0 Å². The minimum absolute atomic E-state index is 0.713. The van der Waals surface area contributed by atoms with Crippen LogP contribution in [0.25, 0.3) is 21.9 Å². The van der Waals surface area contributed by atoms with Crippen molar-refractivity contribution in [3.05, 3.63) is 52.7 Å². The molecule has 0 unspecified atom stereocenters. The maximum absolute atomic E-state index is 6.18. The predicted octanol–water partition coefficient (Wildman–Crippen LogP) is 3.51. The zero-order valence-electron chi connectivity index (χ0n) is 13.3. The number of hydrogen-bond donors (Lipinski definition) is 0. The number of imidazole rings is 1. The lowest BCUT2D eigenvalue weighted by atomic mass is 10.2. The van der Waals surface area contributed by atoms with Crippen molar-refractivity contribution >= 4 is 33.5 Å². The average molecular weight is 338 g/mol. The number of fused-ring (bicyclic) bond motifs is 4. The van der Waals surface area contributed by atoms with Gasteiger partial charge in [-0.1, -0.05) is 11.6 Å². The van der Waals surface area contributed by atoms with Gasteiger partial charge in [-0.2, -0.15) is 5.10 Å². The number of halogens is 1. The molecule has 0 N–H and O–H groups in total. The average Bonchev–Trinajstić information content (AvgIpc) is 3.22. The second kappa shape index (κ2) is 5.05. The highest BCUT2D eigenvalue weighted by Gasteiger charge is 2.17. The van der Waals surface area contributed by atoms with Gasteiger partial charge in [-0.15, -0.1) is 0 Å². The highest BCUT2D eigenvalue weighted by atomic mass is 35.5. The Labute approximate surface area is 143 Å². The number of aromatic nitrogens is 5. The van der Waals surface area contributed by atoms with E-state index >= 15 is 0 Å². The molecule has 0 spiro atoms. The lowest BCUT2D eigenvalue weighted by molar-refractivity contribution is 0.643. The van der Waals surface area contributed by atoms with E-state index < -0.39 is 0 Å². The molecule has 0 bridgehead atoms. The van der Waals surface area contributed by atoms with Crippen LogP contribution in [0, 0.1) is 0 Å². The number of rotatable bonds is 2. The summed E-state index contributed by atoms with van der Waals surface area (Å²) >= 11 is 6.18. The molecule has 1 aliphatic rings. The first kappa shape index (κ1) is 14.0. The van der Waals surface area contributed by atoms with Crippen LogP contribution in [0.5, 0.6) is 0 Å². The molecule has 24 heavy (non-hydrogen) atoms. The summed E-state index contributed by atoms with van der Waals surface area (Å²) in [6.45, 7) is 1.03. The Morgan fingerprint density at radius 2 is 2.12 bits per heavy atom. The molecule has 0 saturated heterocycles. The standard InChI is InChI=1S/C18H16ClN5/c1-23-17(9-12-8-13-3-2-6-24(13)22-12)21-16-10-20-15-5-4-11(19)7-14(15)18(16)23/h4-5,7-8,10H,2-3,6,9H2,1H3. The Balaban J connectivity index is 1.64. The van der Waals surface area contributed by atoms with E-state index in [0.29, 0.717) is 5.02 Å². The van der Waals surface area contributed by atoms with Crippen molar-refractivity contribution in [2.45, 2.75) is 25.8 Å². The fraction of sp³-hybridized carbons (Fsp3) is 0.278. The number of pyridine rings is 1. The van der Waals surface area contributed by atoms with Gasteiger partial charge in [0.1, 0.15) is 11.3 Å². The van der Waals surface area contributed by atoms with Gasteiger partial charge in [-0.25, -0.2) is 4.98 Å². The third kappa shape index (κ3) is 2.04. The van der Waals surface area contributed by atoms with Gasteiger partial charge in [0.05, 0.1) is 29.3 Å². The fourth-order valence-corrected chi connectivity index (χ4v) is 3.82. The largest absolute Gasteiger partial charge is 0.330 e. The summed E-state index contributed by atoms with van der Waals surface area (Å²) in [5, 5.41) is 6.45. The molecule has 5 rings (SSSR count). The monoisotopic (exact) mass is 337 g/mol. The number of benzene rings is 1. The molecular weight excluding hydrogens is 322 g/mol. The third-order valence-corrected chi connectivity index (χ3v) is 5.05. The lowest BCUT2D eigenvalue weighted by Gasteiger charge is -2.04. The molecule has 0 radical (unpaired) electrons. The lowest BCUT2D eigenvalue weighted by Crippen LogP contribution is -2.01. The molecule has 0 atom stereocenters. The van der Waals surface area contributed by atoms with Crippen LogP contribution in [0.3, 0.4) is 0 Å². The quantitative estimate of drug-likeness (QED) is 0.562. The Bertz CT molecular complexity index is 1070. The normalized spacial score (nSPS) is 13.9. The maximum Gasteiger partial charge on any atom is 0.115 e. The Hall–Kier alpha value is -2.40. The van der Waals surface area contributed by atoms with Crippen LogP contribution < -0.4 is 0 Å². The molecular formula is C18H16ClN5. The van der Waals surface area contributed by atoms with E-state index in [1.165, 1.54) is 12.1 Å². The highest BCUT2D eigenvalue weighted by Crippen LogP contribution is 2.27. The van der Waals surface area contributed by atoms with Crippen LogP contribution in [-0.2, 0) is 26.4 Å². The van der Waals surface area contributed by atoms with Crippen molar-refractivity contribution in [3.8, 4) is 0 Å². The molecule has 1 aliphatic heterocycles. The molecule has 0 saturated carbocycles. The molecule has 120 valence electrons. The molecule has 0 fully saturated rings. The Morgan fingerprint density at radius 3 is 3.00 bits per heavy atom. The molecule has 5 nitrogen and oxygen atoms in total. The first-order chi connectivity index (χ1) is 11.7. The van der Waals surface area contributed by atoms with Crippen LogP contribution in [0.15, 0.2) is 30.5 Å². The topological polar surface area (TPSA) is 48.5 Å². The summed E-state index contributed by atoms with van der Waals surface area (Å²) in [5.41, 5.74) is 5.32. The molecule has 0 amide bonds. The number of aryl methyl sites for hydroxylation is 3. The summed E-state index contributed by atoms with van der Waals surface area (Å²) < 4.78 is 4.26. The van der Waals surface area contributed by atoms with Crippen LogP contribution in [-0.4, -0.2) is 24.3 Å².